The lowest BCUT2D eigenvalue weighted by Crippen LogP contribution is -2.50. The number of rotatable bonds is 9. The van der Waals surface area contributed by atoms with E-state index in [2.05, 4.69) is 9.80 Å². The molecule has 1 heterocycles. The number of alkyl halides is 3. The summed E-state index contributed by atoms with van der Waals surface area (Å²) < 4.78 is 44.9. The number of piperazine rings is 1. The molecule has 0 saturated carbocycles. The summed E-state index contributed by atoms with van der Waals surface area (Å²) in [4.78, 5) is 31.2. The van der Waals surface area contributed by atoms with Gasteiger partial charge in [0.25, 0.3) is 0 Å². The van der Waals surface area contributed by atoms with Gasteiger partial charge in [-0.25, -0.2) is 4.79 Å². The minimum Gasteiger partial charge on any atom is -0.425 e. The number of carbonyl (C=O) groups is 2. The van der Waals surface area contributed by atoms with Gasteiger partial charge in [0.1, 0.15) is 11.8 Å². The Kier molecular flexibility index (Phi) is 9.50. The number of hydrogen-bond acceptors (Lipinski definition) is 5. The maximum absolute atomic E-state index is 13.4. The third-order valence-corrected chi connectivity index (χ3v) is 8.40. The van der Waals surface area contributed by atoms with Crippen molar-refractivity contribution in [2.24, 2.45) is 0 Å². The Hall–Kier alpha value is -5.21. The summed E-state index contributed by atoms with van der Waals surface area (Å²) in [5, 5.41) is 0. The molecule has 0 aromatic heterocycles. The number of para-hydroxylation sites is 1. The zero-order valence-electron chi connectivity index (χ0n) is 25.6. The zero-order valence-corrected chi connectivity index (χ0v) is 25.6. The predicted octanol–water partition coefficient (Wildman–Crippen LogP) is 8.27. The first-order valence-electron chi connectivity index (χ1n) is 15.5. The molecule has 47 heavy (non-hydrogen) atoms. The number of carbonyl (C=O) groups excluding carboxylic acids is 2. The zero-order chi connectivity index (χ0) is 32.8. The highest BCUT2D eigenvalue weighted by atomic mass is 19.4. The lowest BCUT2D eigenvalue weighted by atomic mass is 9.93. The van der Waals surface area contributed by atoms with Crippen LogP contribution < -0.4 is 9.64 Å². The van der Waals surface area contributed by atoms with E-state index in [1.807, 2.05) is 72.8 Å². The molecule has 1 aliphatic rings. The summed E-state index contributed by atoms with van der Waals surface area (Å²) in [6, 6.07) is 38.0. The third-order valence-electron chi connectivity index (χ3n) is 8.40. The highest BCUT2D eigenvalue weighted by molar-refractivity contribution is 6.03. The maximum Gasteiger partial charge on any atom is 0.416 e. The fourth-order valence-electron chi connectivity index (χ4n) is 5.95. The van der Waals surface area contributed by atoms with Gasteiger partial charge in [0, 0.05) is 43.9 Å². The summed E-state index contributed by atoms with van der Waals surface area (Å²) in [5.41, 5.74) is 3.64. The number of halogens is 3. The molecular formula is C39H33F3N2O3. The van der Waals surface area contributed by atoms with E-state index in [0.717, 1.165) is 28.9 Å². The molecule has 5 nitrogen and oxygen atoms in total. The average molecular weight is 635 g/mol. The SMILES string of the molecule is O=C(Cc1ccc(N2CCN(C(C(=O)Oc3ccccc3)c3ccccc3)CC2)cc1)c1ccccc1-c1ccc(C(F)(F)F)cc1. The lowest BCUT2D eigenvalue weighted by Gasteiger charge is -2.39. The van der Waals surface area contributed by atoms with E-state index in [0.29, 0.717) is 48.6 Å². The highest BCUT2D eigenvalue weighted by Gasteiger charge is 2.32. The molecule has 1 aliphatic heterocycles. The van der Waals surface area contributed by atoms with Crippen LogP contribution in [0, 0.1) is 0 Å². The van der Waals surface area contributed by atoms with Crippen molar-refractivity contribution in [3.05, 3.63) is 156 Å². The van der Waals surface area contributed by atoms with Gasteiger partial charge in [-0.1, -0.05) is 97.1 Å². The Morgan fingerprint density at radius 2 is 1.28 bits per heavy atom. The first-order valence-corrected chi connectivity index (χ1v) is 15.5. The lowest BCUT2D eigenvalue weighted by molar-refractivity contribution is -0.141. The van der Waals surface area contributed by atoms with Gasteiger partial charge in [-0.3, -0.25) is 9.69 Å². The molecule has 1 atom stereocenters. The van der Waals surface area contributed by atoms with Crippen LogP contribution in [0.3, 0.4) is 0 Å². The minimum atomic E-state index is -4.42. The van der Waals surface area contributed by atoms with E-state index in [1.165, 1.54) is 12.1 Å². The molecule has 0 radical (unpaired) electrons. The number of ether oxygens (including phenoxy) is 1. The molecule has 0 aliphatic carbocycles. The van der Waals surface area contributed by atoms with Crippen molar-refractivity contribution in [1.29, 1.82) is 0 Å². The molecule has 5 aromatic rings. The fourth-order valence-corrected chi connectivity index (χ4v) is 5.95. The van der Waals surface area contributed by atoms with Crippen LogP contribution in [0.25, 0.3) is 11.1 Å². The molecule has 8 heteroatoms. The van der Waals surface area contributed by atoms with Crippen LogP contribution in [-0.4, -0.2) is 42.8 Å². The molecule has 238 valence electrons. The smallest absolute Gasteiger partial charge is 0.416 e. The van der Waals surface area contributed by atoms with Crippen molar-refractivity contribution in [3.63, 3.8) is 0 Å². The van der Waals surface area contributed by atoms with Crippen molar-refractivity contribution in [2.45, 2.75) is 18.6 Å². The fraction of sp³-hybridized carbons (Fsp3) is 0.179. The second kappa shape index (κ2) is 14.1. The Labute approximate surface area is 271 Å². The molecule has 0 spiro atoms. The topological polar surface area (TPSA) is 49.9 Å². The van der Waals surface area contributed by atoms with Gasteiger partial charge in [0.05, 0.1) is 5.56 Å². The Morgan fingerprint density at radius 1 is 0.681 bits per heavy atom. The summed E-state index contributed by atoms with van der Waals surface area (Å²) in [7, 11) is 0. The molecule has 6 rings (SSSR count). The second-order valence-corrected chi connectivity index (χ2v) is 11.5. The Bertz CT molecular complexity index is 1800. The van der Waals surface area contributed by atoms with Crippen LogP contribution in [0.2, 0.25) is 0 Å². The van der Waals surface area contributed by atoms with Crippen LogP contribution in [-0.2, 0) is 17.4 Å². The van der Waals surface area contributed by atoms with E-state index in [9.17, 15) is 22.8 Å². The Morgan fingerprint density at radius 3 is 1.91 bits per heavy atom. The van der Waals surface area contributed by atoms with Crippen LogP contribution in [0.15, 0.2) is 133 Å². The molecule has 1 fully saturated rings. The van der Waals surface area contributed by atoms with Crippen molar-refractivity contribution in [2.75, 3.05) is 31.1 Å². The van der Waals surface area contributed by atoms with Gasteiger partial charge < -0.3 is 9.64 Å². The number of esters is 1. The summed E-state index contributed by atoms with van der Waals surface area (Å²) >= 11 is 0. The molecule has 0 N–H and O–H groups in total. The van der Waals surface area contributed by atoms with E-state index in [4.69, 9.17) is 4.74 Å². The predicted molar refractivity (Wildman–Crippen MR) is 176 cm³/mol. The van der Waals surface area contributed by atoms with E-state index >= 15 is 0 Å². The summed E-state index contributed by atoms with van der Waals surface area (Å²) in [6.45, 7) is 2.73. The molecular weight excluding hydrogens is 601 g/mol. The molecule has 1 saturated heterocycles. The van der Waals surface area contributed by atoms with Gasteiger partial charge in [-0.05, 0) is 58.7 Å². The molecule has 0 amide bonds. The first kappa shape index (κ1) is 31.8. The standard InChI is InChI=1S/C39H33F3N2O3/c40-39(41,42)31-19-17-29(18-20-31)34-13-7-8-14-35(34)36(45)27-28-15-21-32(22-16-28)43-23-25-44(26-24-43)37(30-9-3-1-4-10-30)38(46)47-33-11-5-2-6-12-33/h1-22,37H,23-27H2. The molecule has 1 unspecified atom stereocenters. The largest absolute Gasteiger partial charge is 0.425 e. The monoisotopic (exact) mass is 634 g/mol. The Balaban J connectivity index is 1.10. The normalized spacial score (nSPS) is 14.4. The molecule has 0 bridgehead atoms. The third kappa shape index (κ3) is 7.61. The first-order chi connectivity index (χ1) is 22.8. The van der Waals surface area contributed by atoms with E-state index < -0.39 is 17.8 Å². The number of benzene rings is 5. The van der Waals surface area contributed by atoms with Crippen LogP contribution in [0.5, 0.6) is 5.75 Å². The van der Waals surface area contributed by atoms with Crippen molar-refractivity contribution in [1.82, 2.24) is 4.90 Å². The van der Waals surface area contributed by atoms with Gasteiger partial charge in [-0.2, -0.15) is 13.2 Å². The molecule has 5 aromatic carbocycles. The van der Waals surface area contributed by atoms with Gasteiger partial charge in [-0.15, -0.1) is 0 Å². The van der Waals surface area contributed by atoms with E-state index in [-0.39, 0.29) is 18.2 Å². The van der Waals surface area contributed by atoms with Crippen molar-refractivity contribution < 1.29 is 27.5 Å². The maximum atomic E-state index is 13.4. The van der Waals surface area contributed by atoms with Crippen LogP contribution in [0.1, 0.15) is 33.1 Å². The second-order valence-electron chi connectivity index (χ2n) is 11.5. The number of anilines is 1. The number of ketones is 1. The number of hydrogen-bond donors (Lipinski definition) is 0. The average Bonchev–Trinajstić information content (AvgIpc) is 3.10. The van der Waals surface area contributed by atoms with Crippen molar-refractivity contribution in [3.8, 4) is 16.9 Å². The highest BCUT2D eigenvalue weighted by Crippen LogP contribution is 2.32. The summed E-state index contributed by atoms with van der Waals surface area (Å²) in [5.74, 6) is 0.0830. The van der Waals surface area contributed by atoms with E-state index in [1.54, 1.807) is 36.4 Å². The minimum absolute atomic E-state index is 0.115. The van der Waals surface area contributed by atoms with Crippen LogP contribution in [0.4, 0.5) is 18.9 Å². The number of nitrogens with zero attached hydrogens (tertiary/aromatic N) is 2. The van der Waals surface area contributed by atoms with Crippen LogP contribution >= 0.6 is 0 Å². The summed E-state index contributed by atoms with van der Waals surface area (Å²) in [6.07, 6.45) is -4.26. The van der Waals surface area contributed by atoms with Gasteiger partial charge in [0.2, 0.25) is 0 Å². The number of Topliss-reactive ketones (excluding diaryl/α,β-unsaturated/α-hetero) is 1. The van der Waals surface area contributed by atoms with Gasteiger partial charge in [0.15, 0.2) is 5.78 Å². The van der Waals surface area contributed by atoms with Gasteiger partial charge >= 0.3 is 12.1 Å². The van der Waals surface area contributed by atoms with Crippen molar-refractivity contribution >= 4 is 17.4 Å². The quantitative estimate of drug-likeness (QED) is 0.0929.